The molecule has 26 heavy (non-hydrogen) atoms. The van der Waals surface area contributed by atoms with Crippen LogP contribution in [-0.2, 0) is 10.0 Å². The molecule has 1 aromatic carbocycles. The summed E-state index contributed by atoms with van der Waals surface area (Å²) in [6, 6.07) is 0.885. The second-order valence-electron chi connectivity index (χ2n) is 6.17. The molecule has 1 fully saturated rings. The van der Waals surface area contributed by atoms with Gasteiger partial charge in [0.15, 0.2) is 11.5 Å². The first-order chi connectivity index (χ1) is 12.2. The number of hydrogen-bond donors (Lipinski definition) is 2. The molecular weight excluding hydrogens is 375 g/mol. The molecule has 2 aliphatic rings. The lowest BCUT2D eigenvalue weighted by Gasteiger charge is -2.35. The number of alkyl halides is 3. The number of aryl methyl sites for hydroxylation is 1. The van der Waals surface area contributed by atoms with Crippen LogP contribution in [0.2, 0.25) is 0 Å². The van der Waals surface area contributed by atoms with Crippen molar-refractivity contribution in [3.8, 4) is 11.5 Å². The van der Waals surface area contributed by atoms with Crippen molar-refractivity contribution in [2.45, 2.75) is 24.0 Å². The van der Waals surface area contributed by atoms with Gasteiger partial charge in [0.05, 0.1) is 4.90 Å². The second-order valence-corrected chi connectivity index (χ2v) is 7.90. The van der Waals surface area contributed by atoms with Gasteiger partial charge in [0.25, 0.3) is 0 Å². The van der Waals surface area contributed by atoms with Crippen LogP contribution in [0.4, 0.5) is 13.2 Å². The van der Waals surface area contributed by atoms with Crippen LogP contribution in [0.15, 0.2) is 17.0 Å². The van der Waals surface area contributed by atoms with Crippen molar-refractivity contribution in [2.75, 3.05) is 39.5 Å². The number of fused-ring (bicyclic) bond motifs is 1. The zero-order valence-electron chi connectivity index (χ0n) is 14.1. The molecule has 11 heteroatoms. The molecule has 3 rings (SSSR count). The minimum Gasteiger partial charge on any atom is -0.454 e. The lowest BCUT2D eigenvalue weighted by Crippen LogP contribution is -2.57. The predicted molar refractivity (Wildman–Crippen MR) is 86.8 cm³/mol. The van der Waals surface area contributed by atoms with Gasteiger partial charge in [-0.15, -0.1) is 0 Å². The van der Waals surface area contributed by atoms with Crippen LogP contribution in [0.5, 0.6) is 11.5 Å². The molecule has 0 amide bonds. The van der Waals surface area contributed by atoms with Crippen LogP contribution in [0, 0.1) is 6.92 Å². The number of halogens is 3. The SMILES string of the molecule is Cc1cc2c(cc1S(=O)(=O)NCC(N1CCNCC1)C(F)(F)F)OCO2. The highest BCUT2D eigenvalue weighted by molar-refractivity contribution is 7.89. The molecule has 1 atom stereocenters. The lowest BCUT2D eigenvalue weighted by molar-refractivity contribution is -0.182. The van der Waals surface area contributed by atoms with Gasteiger partial charge in [-0.2, -0.15) is 13.2 Å². The quantitative estimate of drug-likeness (QED) is 0.769. The van der Waals surface area contributed by atoms with Crippen LogP contribution in [0.1, 0.15) is 5.56 Å². The normalized spacial score (nSPS) is 19.5. The van der Waals surface area contributed by atoms with E-state index >= 15 is 0 Å². The number of nitrogens with zero attached hydrogens (tertiary/aromatic N) is 1. The second kappa shape index (κ2) is 7.22. The van der Waals surface area contributed by atoms with E-state index in [0.29, 0.717) is 24.4 Å². The van der Waals surface area contributed by atoms with E-state index in [-0.39, 0.29) is 30.5 Å². The van der Waals surface area contributed by atoms with E-state index in [1.165, 1.54) is 17.0 Å². The summed E-state index contributed by atoms with van der Waals surface area (Å²) in [7, 11) is -4.13. The number of rotatable bonds is 5. The summed E-state index contributed by atoms with van der Waals surface area (Å²) < 4.78 is 77.8. The Morgan fingerprint density at radius 1 is 1.23 bits per heavy atom. The average Bonchev–Trinajstić information content (AvgIpc) is 3.01. The highest BCUT2D eigenvalue weighted by Gasteiger charge is 2.44. The van der Waals surface area contributed by atoms with Crippen molar-refractivity contribution < 1.29 is 31.1 Å². The zero-order chi connectivity index (χ0) is 18.9. The van der Waals surface area contributed by atoms with E-state index < -0.39 is 28.8 Å². The summed E-state index contributed by atoms with van der Waals surface area (Å²) in [5, 5.41) is 2.98. The topological polar surface area (TPSA) is 79.9 Å². The lowest BCUT2D eigenvalue weighted by atomic mass is 10.2. The highest BCUT2D eigenvalue weighted by atomic mass is 32.2. The molecule has 2 aliphatic heterocycles. The minimum absolute atomic E-state index is 0.0230. The predicted octanol–water partition coefficient (Wildman–Crippen LogP) is 0.838. The smallest absolute Gasteiger partial charge is 0.405 e. The Hall–Kier alpha value is -1.56. The zero-order valence-corrected chi connectivity index (χ0v) is 14.9. The summed E-state index contributed by atoms with van der Waals surface area (Å²) in [5.74, 6) is 0.667. The van der Waals surface area contributed by atoms with Gasteiger partial charge in [0.2, 0.25) is 16.8 Å². The van der Waals surface area contributed by atoms with Crippen molar-refractivity contribution in [1.82, 2.24) is 14.9 Å². The van der Waals surface area contributed by atoms with Gasteiger partial charge in [0.1, 0.15) is 6.04 Å². The molecule has 2 heterocycles. The van der Waals surface area contributed by atoms with E-state index in [1.807, 2.05) is 0 Å². The van der Waals surface area contributed by atoms with Crippen LogP contribution in [0.3, 0.4) is 0 Å². The summed E-state index contributed by atoms with van der Waals surface area (Å²) in [5.41, 5.74) is 0.368. The van der Waals surface area contributed by atoms with Gasteiger partial charge >= 0.3 is 6.18 Å². The highest BCUT2D eigenvalue weighted by Crippen LogP contribution is 2.36. The molecule has 1 unspecified atom stereocenters. The van der Waals surface area contributed by atoms with Crippen molar-refractivity contribution in [1.29, 1.82) is 0 Å². The van der Waals surface area contributed by atoms with E-state index in [4.69, 9.17) is 9.47 Å². The molecule has 2 N–H and O–H groups in total. The van der Waals surface area contributed by atoms with E-state index in [2.05, 4.69) is 10.0 Å². The van der Waals surface area contributed by atoms with Gasteiger partial charge in [0, 0.05) is 38.8 Å². The Bertz CT molecular complexity index is 764. The first-order valence-electron chi connectivity index (χ1n) is 8.10. The van der Waals surface area contributed by atoms with E-state index in [1.54, 1.807) is 6.92 Å². The molecule has 1 aromatic rings. The van der Waals surface area contributed by atoms with Crippen LogP contribution < -0.4 is 19.5 Å². The summed E-state index contributed by atoms with van der Waals surface area (Å²) in [4.78, 5) is 1.12. The van der Waals surface area contributed by atoms with Crippen LogP contribution in [0.25, 0.3) is 0 Å². The average molecular weight is 395 g/mol. The summed E-state index contributed by atoms with van der Waals surface area (Å²) in [6.07, 6.45) is -4.54. The number of sulfonamides is 1. The van der Waals surface area contributed by atoms with E-state index in [0.717, 1.165) is 0 Å². The monoisotopic (exact) mass is 395 g/mol. The minimum atomic E-state index is -4.54. The van der Waals surface area contributed by atoms with Crippen molar-refractivity contribution in [3.63, 3.8) is 0 Å². The molecule has 0 bridgehead atoms. The molecule has 0 spiro atoms. The first-order valence-corrected chi connectivity index (χ1v) is 9.58. The molecule has 1 saturated heterocycles. The van der Waals surface area contributed by atoms with Crippen molar-refractivity contribution in [3.05, 3.63) is 17.7 Å². The Morgan fingerprint density at radius 3 is 2.46 bits per heavy atom. The largest absolute Gasteiger partial charge is 0.454 e. The molecule has 0 saturated carbocycles. The molecule has 0 aromatic heterocycles. The number of benzene rings is 1. The fourth-order valence-corrected chi connectivity index (χ4v) is 4.30. The van der Waals surface area contributed by atoms with Gasteiger partial charge in [-0.05, 0) is 18.6 Å². The summed E-state index contributed by atoms with van der Waals surface area (Å²) >= 11 is 0. The van der Waals surface area contributed by atoms with Gasteiger partial charge < -0.3 is 14.8 Å². The van der Waals surface area contributed by atoms with Crippen LogP contribution >= 0.6 is 0 Å². The molecule has 7 nitrogen and oxygen atoms in total. The summed E-state index contributed by atoms with van der Waals surface area (Å²) in [6.45, 7) is 2.05. The van der Waals surface area contributed by atoms with Gasteiger partial charge in [-0.3, -0.25) is 4.90 Å². The third-order valence-corrected chi connectivity index (χ3v) is 5.96. The van der Waals surface area contributed by atoms with Crippen LogP contribution in [-0.4, -0.2) is 65.1 Å². The Balaban J connectivity index is 1.78. The molecule has 0 radical (unpaired) electrons. The molecular formula is C15H20F3N3O4S. The number of ether oxygens (including phenoxy) is 2. The number of hydrogen-bond acceptors (Lipinski definition) is 6. The van der Waals surface area contributed by atoms with E-state index in [9.17, 15) is 21.6 Å². The van der Waals surface area contributed by atoms with Crippen molar-refractivity contribution in [2.24, 2.45) is 0 Å². The third-order valence-electron chi connectivity index (χ3n) is 4.40. The third kappa shape index (κ3) is 4.05. The number of piperazine rings is 1. The van der Waals surface area contributed by atoms with Gasteiger partial charge in [-0.25, -0.2) is 13.1 Å². The molecule has 146 valence electrons. The Labute approximate surface area is 149 Å². The molecule has 0 aliphatic carbocycles. The fourth-order valence-electron chi connectivity index (χ4n) is 3.03. The standard InChI is InChI=1S/C15H20F3N3O4S/c1-10-6-11-12(25-9-24-11)7-13(10)26(22,23)20-8-14(15(16,17)18)21-4-2-19-3-5-21/h6-7,14,19-20H,2-5,8-9H2,1H3. The maximum absolute atomic E-state index is 13.4. The maximum atomic E-state index is 13.4. The number of nitrogens with one attached hydrogen (secondary N) is 2. The Kier molecular flexibility index (Phi) is 5.33. The van der Waals surface area contributed by atoms with Gasteiger partial charge in [-0.1, -0.05) is 0 Å². The first kappa shape index (κ1) is 19.2. The fraction of sp³-hybridized carbons (Fsp3) is 0.600. The maximum Gasteiger partial charge on any atom is 0.405 e. The van der Waals surface area contributed by atoms with Crippen molar-refractivity contribution >= 4 is 10.0 Å². The Morgan fingerprint density at radius 2 is 1.85 bits per heavy atom.